The number of carbonyl (C=O) groups is 1. The van der Waals surface area contributed by atoms with Gasteiger partial charge in [0.15, 0.2) is 0 Å². The standard InChI is InChI=1S/C20H21N3O2/c1-14-18-12-16(13-21-19(18)25-22-14)20(24)23-11-5-8-17(23)10-9-15-6-3-2-4-7-15/h2-4,6-7,12-13,17H,5,8-11H2,1H3/t17-/m1/s1. The van der Waals surface area contributed by atoms with E-state index in [1.165, 1.54) is 5.56 Å². The summed E-state index contributed by atoms with van der Waals surface area (Å²) in [5, 5.41) is 4.72. The molecule has 0 N–H and O–H groups in total. The molecule has 1 aromatic carbocycles. The summed E-state index contributed by atoms with van der Waals surface area (Å²) < 4.78 is 5.13. The van der Waals surface area contributed by atoms with E-state index < -0.39 is 0 Å². The highest BCUT2D eigenvalue weighted by atomic mass is 16.5. The smallest absolute Gasteiger partial charge is 0.257 e. The van der Waals surface area contributed by atoms with Crippen molar-refractivity contribution in [1.82, 2.24) is 15.0 Å². The number of rotatable bonds is 4. The Kier molecular flexibility index (Phi) is 4.22. The van der Waals surface area contributed by atoms with Crippen molar-refractivity contribution >= 4 is 17.0 Å². The Bertz CT molecular complexity index is 888. The third-order valence-corrected chi connectivity index (χ3v) is 5.00. The fourth-order valence-electron chi connectivity index (χ4n) is 3.61. The molecular weight excluding hydrogens is 314 g/mol. The molecule has 1 aliphatic rings. The maximum absolute atomic E-state index is 13.0. The number of amides is 1. The highest BCUT2D eigenvalue weighted by molar-refractivity contribution is 5.97. The molecule has 1 atom stereocenters. The van der Waals surface area contributed by atoms with E-state index in [1.807, 2.05) is 24.0 Å². The summed E-state index contributed by atoms with van der Waals surface area (Å²) in [6, 6.07) is 12.6. The lowest BCUT2D eigenvalue weighted by Gasteiger charge is -2.24. The minimum atomic E-state index is 0.0607. The van der Waals surface area contributed by atoms with E-state index in [9.17, 15) is 4.79 Å². The van der Waals surface area contributed by atoms with Gasteiger partial charge >= 0.3 is 0 Å². The van der Waals surface area contributed by atoms with E-state index >= 15 is 0 Å². The highest BCUT2D eigenvalue weighted by Gasteiger charge is 2.29. The molecule has 0 unspecified atom stereocenters. The maximum Gasteiger partial charge on any atom is 0.257 e. The van der Waals surface area contributed by atoms with Crippen molar-refractivity contribution in [2.24, 2.45) is 0 Å². The average Bonchev–Trinajstić information content (AvgIpc) is 3.27. The van der Waals surface area contributed by atoms with Gasteiger partial charge in [-0.1, -0.05) is 35.5 Å². The summed E-state index contributed by atoms with van der Waals surface area (Å²) in [5.74, 6) is 0.0607. The van der Waals surface area contributed by atoms with Crippen LogP contribution in [0.1, 0.15) is 40.9 Å². The van der Waals surface area contributed by atoms with Gasteiger partial charge in [0.25, 0.3) is 11.6 Å². The molecule has 0 bridgehead atoms. The number of fused-ring (bicyclic) bond motifs is 1. The highest BCUT2D eigenvalue weighted by Crippen LogP contribution is 2.25. The molecule has 3 heterocycles. The first-order valence-corrected chi connectivity index (χ1v) is 8.79. The minimum absolute atomic E-state index is 0.0607. The molecule has 25 heavy (non-hydrogen) atoms. The van der Waals surface area contributed by atoms with E-state index in [4.69, 9.17) is 4.52 Å². The Hall–Kier alpha value is -2.69. The number of hydrogen-bond donors (Lipinski definition) is 0. The number of benzene rings is 1. The summed E-state index contributed by atoms with van der Waals surface area (Å²) >= 11 is 0. The summed E-state index contributed by atoms with van der Waals surface area (Å²) in [5.41, 5.74) is 3.19. The number of carbonyl (C=O) groups excluding carboxylic acids is 1. The van der Waals surface area contributed by atoms with Crippen molar-refractivity contribution in [2.45, 2.75) is 38.6 Å². The van der Waals surface area contributed by atoms with Gasteiger partial charge in [0.05, 0.1) is 16.6 Å². The van der Waals surface area contributed by atoms with Gasteiger partial charge < -0.3 is 9.42 Å². The van der Waals surface area contributed by atoms with Crippen LogP contribution in [0.15, 0.2) is 47.1 Å². The van der Waals surface area contributed by atoms with Gasteiger partial charge in [-0.2, -0.15) is 0 Å². The van der Waals surface area contributed by atoms with Crippen LogP contribution >= 0.6 is 0 Å². The van der Waals surface area contributed by atoms with Gasteiger partial charge in [0.2, 0.25) is 0 Å². The quantitative estimate of drug-likeness (QED) is 0.728. The molecule has 2 aromatic heterocycles. The Morgan fingerprint density at radius 1 is 1.32 bits per heavy atom. The Balaban J connectivity index is 1.50. The third-order valence-electron chi connectivity index (χ3n) is 5.00. The zero-order valence-corrected chi connectivity index (χ0v) is 14.3. The summed E-state index contributed by atoms with van der Waals surface area (Å²) in [6.07, 6.45) is 5.73. The molecule has 4 rings (SSSR count). The van der Waals surface area contributed by atoms with E-state index in [2.05, 4.69) is 34.4 Å². The van der Waals surface area contributed by atoms with Gasteiger partial charge in [0, 0.05) is 18.8 Å². The lowest BCUT2D eigenvalue weighted by molar-refractivity contribution is 0.0730. The molecule has 3 aromatic rings. The first-order chi connectivity index (χ1) is 12.2. The zero-order valence-electron chi connectivity index (χ0n) is 14.3. The largest absolute Gasteiger partial charge is 0.336 e. The van der Waals surface area contributed by atoms with Crippen molar-refractivity contribution in [1.29, 1.82) is 0 Å². The van der Waals surface area contributed by atoms with Gasteiger partial charge in [-0.3, -0.25) is 4.79 Å². The fourth-order valence-corrected chi connectivity index (χ4v) is 3.61. The van der Waals surface area contributed by atoms with Crippen LogP contribution in [-0.2, 0) is 6.42 Å². The third kappa shape index (κ3) is 3.14. The molecule has 0 spiro atoms. The van der Waals surface area contributed by atoms with Crippen LogP contribution in [0.3, 0.4) is 0 Å². The van der Waals surface area contributed by atoms with E-state index in [1.54, 1.807) is 6.20 Å². The molecular formula is C20H21N3O2. The lowest BCUT2D eigenvalue weighted by atomic mass is 10.0. The van der Waals surface area contributed by atoms with Crippen LogP contribution < -0.4 is 0 Å². The topological polar surface area (TPSA) is 59.2 Å². The number of likely N-dealkylation sites (tertiary alicyclic amines) is 1. The van der Waals surface area contributed by atoms with Crippen molar-refractivity contribution in [3.8, 4) is 0 Å². The molecule has 1 amide bonds. The van der Waals surface area contributed by atoms with E-state index in [0.29, 0.717) is 17.3 Å². The monoisotopic (exact) mass is 335 g/mol. The summed E-state index contributed by atoms with van der Waals surface area (Å²) in [4.78, 5) is 19.2. The van der Waals surface area contributed by atoms with E-state index in [-0.39, 0.29) is 5.91 Å². The number of aryl methyl sites for hydroxylation is 2. The minimum Gasteiger partial charge on any atom is -0.336 e. The van der Waals surface area contributed by atoms with Crippen molar-refractivity contribution in [2.75, 3.05) is 6.54 Å². The molecule has 0 saturated carbocycles. The van der Waals surface area contributed by atoms with Crippen LogP contribution in [0.25, 0.3) is 11.1 Å². The molecule has 128 valence electrons. The van der Waals surface area contributed by atoms with Gasteiger partial charge in [-0.25, -0.2) is 4.98 Å². The van der Waals surface area contributed by atoms with Crippen LogP contribution in [0.4, 0.5) is 0 Å². The van der Waals surface area contributed by atoms with Crippen molar-refractivity contribution < 1.29 is 9.32 Å². The van der Waals surface area contributed by atoms with Crippen molar-refractivity contribution in [3.63, 3.8) is 0 Å². The Morgan fingerprint density at radius 2 is 2.16 bits per heavy atom. The van der Waals surface area contributed by atoms with Crippen LogP contribution in [0.2, 0.25) is 0 Å². The number of aromatic nitrogens is 2. The average molecular weight is 335 g/mol. The number of pyridine rings is 1. The maximum atomic E-state index is 13.0. The molecule has 0 aliphatic carbocycles. The Morgan fingerprint density at radius 3 is 3.00 bits per heavy atom. The van der Waals surface area contributed by atoms with E-state index in [0.717, 1.165) is 43.3 Å². The van der Waals surface area contributed by atoms with Gasteiger partial charge in [0.1, 0.15) is 0 Å². The van der Waals surface area contributed by atoms with Crippen molar-refractivity contribution in [3.05, 3.63) is 59.4 Å². The predicted octanol–water partition coefficient (Wildman–Crippen LogP) is 3.77. The fraction of sp³-hybridized carbons (Fsp3) is 0.350. The zero-order chi connectivity index (χ0) is 17.2. The molecule has 5 heteroatoms. The second-order valence-corrected chi connectivity index (χ2v) is 6.66. The first kappa shape index (κ1) is 15.8. The van der Waals surface area contributed by atoms with Crippen LogP contribution in [0.5, 0.6) is 0 Å². The van der Waals surface area contributed by atoms with Crippen LogP contribution in [0, 0.1) is 6.92 Å². The molecule has 1 fully saturated rings. The first-order valence-electron chi connectivity index (χ1n) is 8.79. The summed E-state index contributed by atoms with van der Waals surface area (Å²) in [6.45, 7) is 2.68. The van der Waals surface area contributed by atoms with Gasteiger partial charge in [-0.15, -0.1) is 0 Å². The number of hydrogen-bond acceptors (Lipinski definition) is 4. The summed E-state index contributed by atoms with van der Waals surface area (Å²) in [7, 11) is 0. The normalized spacial score (nSPS) is 17.3. The second kappa shape index (κ2) is 6.67. The lowest BCUT2D eigenvalue weighted by Crippen LogP contribution is -2.35. The molecule has 0 radical (unpaired) electrons. The molecule has 1 aliphatic heterocycles. The molecule has 1 saturated heterocycles. The predicted molar refractivity (Wildman–Crippen MR) is 95.4 cm³/mol. The molecule has 5 nitrogen and oxygen atoms in total. The Labute approximate surface area is 146 Å². The van der Waals surface area contributed by atoms with Crippen LogP contribution in [-0.4, -0.2) is 33.5 Å². The SMILES string of the molecule is Cc1noc2ncc(C(=O)N3CCC[C@@H]3CCc3ccccc3)cc12. The second-order valence-electron chi connectivity index (χ2n) is 6.66. The van der Waals surface area contributed by atoms with Gasteiger partial charge in [-0.05, 0) is 44.2 Å². The number of nitrogens with zero attached hydrogens (tertiary/aromatic N) is 3.